The fourth-order valence-corrected chi connectivity index (χ4v) is 2.19. The first-order valence-electron chi connectivity index (χ1n) is 6.36. The standard InChI is InChI=1S/C14H18N2O2/c1-2-13(17)11-6-3-4-7-12(11)16-9-5-8-15-14(18)10-16/h3-4,6-7H,2,5,8-10H2,1H3,(H,15,18). The molecule has 1 N–H and O–H groups in total. The summed E-state index contributed by atoms with van der Waals surface area (Å²) in [6.07, 6.45) is 1.39. The molecule has 0 atom stereocenters. The van der Waals surface area contributed by atoms with Crippen molar-refractivity contribution in [1.82, 2.24) is 5.32 Å². The number of rotatable bonds is 3. The maximum absolute atomic E-state index is 11.9. The van der Waals surface area contributed by atoms with Crippen molar-refractivity contribution in [1.29, 1.82) is 0 Å². The van der Waals surface area contributed by atoms with E-state index in [1.807, 2.05) is 36.1 Å². The lowest BCUT2D eigenvalue weighted by atomic mass is 10.1. The van der Waals surface area contributed by atoms with Crippen LogP contribution < -0.4 is 10.2 Å². The molecular weight excluding hydrogens is 228 g/mol. The van der Waals surface area contributed by atoms with Gasteiger partial charge in [-0.1, -0.05) is 19.1 Å². The van der Waals surface area contributed by atoms with Gasteiger partial charge in [0.05, 0.1) is 6.54 Å². The Hall–Kier alpha value is -1.84. The number of anilines is 1. The van der Waals surface area contributed by atoms with Gasteiger partial charge in [-0.3, -0.25) is 9.59 Å². The zero-order chi connectivity index (χ0) is 13.0. The van der Waals surface area contributed by atoms with Gasteiger partial charge in [0.25, 0.3) is 0 Å². The van der Waals surface area contributed by atoms with Crippen molar-refractivity contribution in [2.45, 2.75) is 19.8 Å². The molecule has 1 aliphatic heterocycles. The van der Waals surface area contributed by atoms with Crippen molar-refractivity contribution in [3.8, 4) is 0 Å². The highest BCUT2D eigenvalue weighted by atomic mass is 16.2. The van der Waals surface area contributed by atoms with Gasteiger partial charge in [0.15, 0.2) is 5.78 Å². The molecular formula is C14H18N2O2. The highest BCUT2D eigenvalue weighted by Gasteiger charge is 2.19. The summed E-state index contributed by atoms with van der Waals surface area (Å²) in [6, 6.07) is 7.53. The summed E-state index contributed by atoms with van der Waals surface area (Å²) in [5.41, 5.74) is 1.59. The average Bonchev–Trinajstić information content (AvgIpc) is 2.62. The van der Waals surface area contributed by atoms with Crippen molar-refractivity contribution in [2.24, 2.45) is 0 Å². The second-order valence-corrected chi connectivity index (χ2v) is 4.42. The molecule has 4 nitrogen and oxygen atoms in total. The van der Waals surface area contributed by atoms with Crippen LogP contribution in [0.3, 0.4) is 0 Å². The molecule has 0 spiro atoms. The summed E-state index contributed by atoms with van der Waals surface area (Å²) in [6.45, 7) is 3.69. The van der Waals surface area contributed by atoms with Gasteiger partial charge in [-0.05, 0) is 18.6 Å². The fraction of sp³-hybridized carbons (Fsp3) is 0.429. The number of nitrogens with zero attached hydrogens (tertiary/aromatic N) is 1. The third kappa shape index (κ3) is 2.70. The Morgan fingerprint density at radius 2 is 2.17 bits per heavy atom. The first-order chi connectivity index (χ1) is 8.72. The van der Waals surface area contributed by atoms with E-state index >= 15 is 0 Å². The molecule has 0 aromatic heterocycles. The minimum Gasteiger partial charge on any atom is -0.362 e. The number of hydrogen-bond donors (Lipinski definition) is 1. The van der Waals surface area contributed by atoms with Crippen molar-refractivity contribution in [3.63, 3.8) is 0 Å². The van der Waals surface area contributed by atoms with E-state index < -0.39 is 0 Å². The van der Waals surface area contributed by atoms with E-state index in [9.17, 15) is 9.59 Å². The zero-order valence-electron chi connectivity index (χ0n) is 10.6. The normalized spacial score (nSPS) is 16.1. The smallest absolute Gasteiger partial charge is 0.239 e. The number of nitrogens with one attached hydrogen (secondary N) is 1. The molecule has 1 saturated heterocycles. The van der Waals surface area contributed by atoms with E-state index in [0.717, 1.165) is 24.2 Å². The molecule has 18 heavy (non-hydrogen) atoms. The van der Waals surface area contributed by atoms with Gasteiger partial charge >= 0.3 is 0 Å². The molecule has 0 bridgehead atoms. The van der Waals surface area contributed by atoms with Crippen molar-refractivity contribution < 1.29 is 9.59 Å². The van der Waals surface area contributed by atoms with Crippen LogP contribution in [0.1, 0.15) is 30.1 Å². The van der Waals surface area contributed by atoms with Crippen LogP contribution >= 0.6 is 0 Å². The second-order valence-electron chi connectivity index (χ2n) is 4.42. The molecule has 0 unspecified atom stereocenters. The van der Waals surface area contributed by atoms with Crippen LogP contribution in [0.15, 0.2) is 24.3 Å². The van der Waals surface area contributed by atoms with E-state index in [1.54, 1.807) is 0 Å². The monoisotopic (exact) mass is 246 g/mol. The van der Waals surface area contributed by atoms with Gasteiger partial charge in [-0.2, -0.15) is 0 Å². The Morgan fingerprint density at radius 1 is 1.39 bits per heavy atom. The van der Waals surface area contributed by atoms with E-state index in [-0.39, 0.29) is 11.7 Å². The van der Waals surface area contributed by atoms with Crippen LogP contribution in [-0.2, 0) is 4.79 Å². The maximum atomic E-state index is 11.9. The molecule has 0 aliphatic carbocycles. The van der Waals surface area contributed by atoms with Gasteiger partial charge in [-0.15, -0.1) is 0 Å². The number of ketones is 1. The number of Topliss-reactive ketones (excluding diaryl/α,β-unsaturated/α-hetero) is 1. The zero-order valence-corrected chi connectivity index (χ0v) is 10.6. The molecule has 1 amide bonds. The van der Waals surface area contributed by atoms with Crippen LogP contribution in [0.2, 0.25) is 0 Å². The third-order valence-electron chi connectivity index (χ3n) is 3.13. The highest BCUT2D eigenvalue weighted by Crippen LogP contribution is 2.22. The van der Waals surface area contributed by atoms with Gasteiger partial charge in [-0.25, -0.2) is 0 Å². The minimum atomic E-state index is 0.0197. The number of carbonyl (C=O) groups is 2. The largest absolute Gasteiger partial charge is 0.362 e. The van der Waals surface area contributed by atoms with Crippen LogP contribution in [-0.4, -0.2) is 31.3 Å². The molecule has 0 saturated carbocycles. The molecule has 1 aromatic carbocycles. The number of carbonyl (C=O) groups excluding carboxylic acids is 2. The number of amides is 1. The van der Waals surface area contributed by atoms with E-state index in [0.29, 0.717) is 19.5 Å². The first-order valence-corrected chi connectivity index (χ1v) is 6.36. The van der Waals surface area contributed by atoms with E-state index in [1.165, 1.54) is 0 Å². The van der Waals surface area contributed by atoms with Gasteiger partial charge in [0.2, 0.25) is 5.91 Å². The summed E-state index contributed by atoms with van der Waals surface area (Å²) in [5.74, 6) is 0.140. The predicted octanol–water partition coefficient (Wildman–Crippen LogP) is 1.61. The van der Waals surface area contributed by atoms with Crippen molar-refractivity contribution >= 4 is 17.4 Å². The summed E-state index contributed by atoms with van der Waals surface area (Å²) < 4.78 is 0. The Balaban J connectivity index is 2.31. The highest BCUT2D eigenvalue weighted by molar-refractivity contribution is 6.01. The number of hydrogen-bond acceptors (Lipinski definition) is 3. The van der Waals surface area contributed by atoms with Crippen LogP contribution in [0.25, 0.3) is 0 Å². The Labute approximate surface area is 107 Å². The van der Waals surface area contributed by atoms with Crippen molar-refractivity contribution in [2.75, 3.05) is 24.5 Å². The summed E-state index contributed by atoms with van der Waals surface area (Å²) in [4.78, 5) is 25.5. The lowest BCUT2D eigenvalue weighted by molar-refractivity contribution is -0.119. The predicted molar refractivity (Wildman–Crippen MR) is 70.9 cm³/mol. The van der Waals surface area contributed by atoms with Gasteiger partial charge < -0.3 is 10.2 Å². The fourth-order valence-electron chi connectivity index (χ4n) is 2.19. The molecule has 4 heteroatoms. The Kier molecular flexibility index (Phi) is 3.97. The lowest BCUT2D eigenvalue weighted by Gasteiger charge is -2.23. The molecule has 1 fully saturated rings. The Bertz CT molecular complexity index is 457. The van der Waals surface area contributed by atoms with Crippen LogP contribution in [0, 0.1) is 0 Å². The molecule has 1 aromatic rings. The molecule has 96 valence electrons. The third-order valence-corrected chi connectivity index (χ3v) is 3.13. The summed E-state index contributed by atoms with van der Waals surface area (Å²) >= 11 is 0. The van der Waals surface area contributed by atoms with E-state index in [4.69, 9.17) is 0 Å². The van der Waals surface area contributed by atoms with Crippen LogP contribution in [0.5, 0.6) is 0 Å². The van der Waals surface area contributed by atoms with Crippen LogP contribution in [0.4, 0.5) is 5.69 Å². The summed E-state index contributed by atoms with van der Waals surface area (Å²) in [5, 5.41) is 2.84. The minimum absolute atomic E-state index is 0.0197. The second kappa shape index (κ2) is 5.67. The average molecular weight is 246 g/mol. The summed E-state index contributed by atoms with van der Waals surface area (Å²) in [7, 11) is 0. The number of para-hydroxylation sites is 1. The molecule has 2 rings (SSSR count). The Morgan fingerprint density at radius 3 is 2.94 bits per heavy atom. The lowest BCUT2D eigenvalue weighted by Crippen LogP contribution is -2.33. The molecule has 1 heterocycles. The topological polar surface area (TPSA) is 49.4 Å². The number of benzene rings is 1. The van der Waals surface area contributed by atoms with E-state index in [2.05, 4.69) is 5.32 Å². The van der Waals surface area contributed by atoms with Gasteiger partial charge in [0.1, 0.15) is 0 Å². The molecule has 1 aliphatic rings. The quantitative estimate of drug-likeness (QED) is 0.824. The van der Waals surface area contributed by atoms with Gasteiger partial charge in [0, 0.05) is 30.8 Å². The van der Waals surface area contributed by atoms with Crippen molar-refractivity contribution in [3.05, 3.63) is 29.8 Å². The molecule has 0 radical (unpaired) electrons. The first kappa shape index (κ1) is 12.6. The maximum Gasteiger partial charge on any atom is 0.239 e. The SMILES string of the molecule is CCC(=O)c1ccccc1N1CCCNC(=O)C1.